The van der Waals surface area contributed by atoms with Crippen LogP contribution in [0.15, 0.2) is 36.5 Å². The molecule has 0 bridgehead atoms. The number of halogens is 2. The molecule has 1 heterocycles. The third kappa shape index (κ3) is 3.25. The number of carboxylic acid groups (broad SMARTS) is 1. The number of carboxylic acids is 1. The summed E-state index contributed by atoms with van der Waals surface area (Å²) in [5.41, 5.74) is 0.624. The number of nitrogens with one attached hydrogen (secondary N) is 1. The molecule has 0 saturated carbocycles. The van der Waals surface area contributed by atoms with E-state index in [9.17, 15) is 13.6 Å². The molecule has 98 valence electrons. The minimum Gasteiger partial charge on any atom is -0.477 e. The SMILES string of the molecule is O=C(O)c1ccc(NCc2cc(F)ccc2F)cn1. The summed E-state index contributed by atoms with van der Waals surface area (Å²) in [4.78, 5) is 14.3. The summed E-state index contributed by atoms with van der Waals surface area (Å²) in [6, 6.07) is 6.03. The van der Waals surface area contributed by atoms with Crippen LogP contribution in [0.25, 0.3) is 0 Å². The number of nitrogens with zero attached hydrogens (tertiary/aromatic N) is 1. The lowest BCUT2D eigenvalue weighted by atomic mass is 10.2. The van der Waals surface area contributed by atoms with Gasteiger partial charge in [-0.25, -0.2) is 18.6 Å². The summed E-state index contributed by atoms with van der Waals surface area (Å²) in [6.07, 6.45) is 1.32. The zero-order valence-electron chi connectivity index (χ0n) is 9.73. The Morgan fingerprint density at radius 1 is 1.26 bits per heavy atom. The van der Waals surface area contributed by atoms with Crippen molar-refractivity contribution in [3.8, 4) is 0 Å². The number of hydrogen-bond acceptors (Lipinski definition) is 3. The number of carbonyl (C=O) groups is 1. The Kier molecular flexibility index (Phi) is 3.70. The molecule has 0 aliphatic carbocycles. The smallest absolute Gasteiger partial charge is 0.354 e. The zero-order chi connectivity index (χ0) is 13.8. The second-order valence-corrected chi connectivity index (χ2v) is 3.83. The first-order chi connectivity index (χ1) is 9.06. The van der Waals surface area contributed by atoms with E-state index in [4.69, 9.17) is 5.11 Å². The number of anilines is 1. The molecule has 0 aliphatic rings. The molecular formula is C13H10F2N2O2. The highest BCUT2D eigenvalue weighted by Gasteiger charge is 2.05. The second-order valence-electron chi connectivity index (χ2n) is 3.83. The van der Waals surface area contributed by atoms with E-state index in [2.05, 4.69) is 10.3 Å². The van der Waals surface area contributed by atoms with Gasteiger partial charge in [-0.3, -0.25) is 0 Å². The summed E-state index contributed by atoms with van der Waals surface area (Å²) >= 11 is 0. The van der Waals surface area contributed by atoms with Gasteiger partial charge in [0.15, 0.2) is 0 Å². The summed E-state index contributed by atoms with van der Waals surface area (Å²) in [5, 5.41) is 11.5. The fraction of sp³-hybridized carbons (Fsp3) is 0.0769. The van der Waals surface area contributed by atoms with Crippen LogP contribution in [0, 0.1) is 11.6 Å². The molecule has 4 nitrogen and oxygen atoms in total. The first-order valence-corrected chi connectivity index (χ1v) is 5.43. The molecule has 0 saturated heterocycles. The van der Waals surface area contributed by atoms with Crippen molar-refractivity contribution >= 4 is 11.7 Å². The normalized spacial score (nSPS) is 10.2. The lowest BCUT2D eigenvalue weighted by molar-refractivity contribution is 0.0690. The maximum Gasteiger partial charge on any atom is 0.354 e. The number of rotatable bonds is 4. The van der Waals surface area contributed by atoms with Crippen molar-refractivity contribution < 1.29 is 18.7 Å². The largest absolute Gasteiger partial charge is 0.477 e. The minimum absolute atomic E-state index is 0.0810. The van der Waals surface area contributed by atoms with Gasteiger partial charge in [0, 0.05) is 12.1 Å². The highest BCUT2D eigenvalue weighted by Crippen LogP contribution is 2.13. The van der Waals surface area contributed by atoms with Gasteiger partial charge >= 0.3 is 5.97 Å². The lowest BCUT2D eigenvalue weighted by Crippen LogP contribution is -2.04. The van der Waals surface area contributed by atoms with E-state index in [-0.39, 0.29) is 17.8 Å². The summed E-state index contributed by atoms with van der Waals surface area (Å²) in [6.45, 7) is 0.0810. The molecule has 0 atom stereocenters. The highest BCUT2D eigenvalue weighted by molar-refractivity contribution is 5.85. The fourth-order valence-electron chi connectivity index (χ4n) is 1.50. The Morgan fingerprint density at radius 3 is 2.68 bits per heavy atom. The minimum atomic E-state index is -1.12. The number of hydrogen-bond donors (Lipinski definition) is 2. The first kappa shape index (κ1) is 12.9. The Morgan fingerprint density at radius 2 is 2.05 bits per heavy atom. The van der Waals surface area contributed by atoms with E-state index in [1.54, 1.807) is 0 Å². The molecule has 0 spiro atoms. The van der Waals surface area contributed by atoms with E-state index in [1.807, 2.05) is 0 Å². The average molecular weight is 264 g/mol. The van der Waals surface area contributed by atoms with E-state index >= 15 is 0 Å². The number of aromatic carboxylic acids is 1. The molecule has 6 heteroatoms. The average Bonchev–Trinajstić information content (AvgIpc) is 2.40. The molecule has 2 N–H and O–H groups in total. The summed E-state index contributed by atoms with van der Waals surface area (Å²) in [5.74, 6) is -2.15. The van der Waals surface area contributed by atoms with Gasteiger partial charge in [-0.2, -0.15) is 0 Å². The Balaban J connectivity index is 2.06. The fourth-order valence-corrected chi connectivity index (χ4v) is 1.50. The van der Waals surface area contributed by atoms with Gasteiger partial charge in [-0.15, -0.1) is 0 Å². The van der Waals surface area contributed by atoms with Gasteiger partial charge < -0.3 is 10.4 Å². The molecule has 0 fully saturated rings. The van der Waals surface area contributed by atoms with E-state index in [0.29, 0.717) is 5.69 Å². The van der Waals surface area contributed by atoms with Gasteiger partial charge in [0.2, 0.25) is 0 Å². The quantitative estimate of drug-likeness (QED) is 0.891. The van der Waals surface area contributed by atoms with Crippen molar-refractivity contribution in [2.75, 3.05) is 5.32 Å². The van der Waals surface area contributed by atoms with Gasteiger partial charge in [-0.05, 0) is 30.3 Å². The predicted octanol–water partition coefficient (Wildman–Crippen LogP) is 2.67. The molecular weight excluding hydrogens is 254 g/mol. The predicted molar refractivity (Wildman–Crippen MR) is 64.9 cm³/mol. The van der Waals surface area contributed by atoms with Crippen LogP contribution in [-0.4, -0.2) is 16.1 Å². The molecule has 0 unspecified atom stereocenters. The zero-order valence-corrected chi connectivity index (χ0v) is 9.73. The van der Waals surface area contributed by atoms with Crippen LogP contribution in [0.3, 0.4) is 0 Å². The van der Waals surface area contributed by atoms with E-state index < -0.39 is 17.6 Å². The Labute approximate surface area is 107 Å². The lowest BCUT2D eigenvalue weighted by Gasteiger charge is -2.07. The van der Waals surface area contributed by atoms with Crippen LogP contribution in [-0.2, 0) is 6.54 Å². The van der Waals surface area contributed by atoms with Crippen LogP contribution in [0.1, 0.15) is 16.1 Å². The maximum atomic E-state index is 13.3. The summed E-state index contributed by atoms with van der Waals surface area (Å²) < 4.78 is 26.3. The molecule has 0 radical (unpaired) electrons. The molecule has 0 amide bonds. The van der Waals surface area contributed by atoms with Gasteiger partial charge in [0.05, 0.1) is 11.9 Å². The van der Waals surface area contributed by atoms with Crippen molar-refractivity contribution in [2.45, 2.75) is 6.54 Å². The number of aromatic nitrogens is 1. The van der Waals surface area contributed by atoms with Gasteiger partial charge in [0.25, 0.3) is 0 Å². The number of benzene rings is 1. The van der Waals surface area contributed by atoms with Crippen molar-refractivity contribution in [1.29, 1.82) is 0 Å². The Bertz CT molecular complexity index is 600. The summed E-state index contributed by atoms with van der Waals surface area (Å²) in [7, 11) is 0. The topological polar surface area (TPSA) is 62.2 Å². The molecule has 1 aromatic heterocycles. The van der Waals surface area contributed by atoms with Crippen molar-refractivity contribution in [3.05, 3.63) is 59.4 Å². The first-order valence-electron chi connectivity index (χ1n) is 5.43. The van der Waals surface area contributed by atoms with Crippen molar-refractivity contribution in [2.24, 2.45) is 0 Å². The van der Waals surface area contributed by atoms with E-state index in [0.717, 1.165) is 18.2 Å². The van der Waals surface area contributed by atoms with Crippen LogP contribution in [0.5, 0.6) is 0 Å². The van der Waals surface area contributed by atoms with Crippen LogP contribution < -0.4 is 5.32 Å². The molecule has 0 aliphatic heterocycles. The second kappa shape index (κ2) is 5.43. The van der Waals surface area contributed by atoms with Gasteiger partial charge in [-0.1, -0.05) is 0 Å². The molecule has 1 aromatic carbocycles. The molecule has 2 aromatic rings. The highest BCUT2D eigenvalue weighted by atomic mass is 19.1. The van der Waals surface area contributed by atoms with Crippen molar-refractivity contribution in [3.63, 3.8) is 0 Å². The standard InChI is InChI=1S/C13H10F2N2O2/c14-9-1-3-11(15)8(5-9)6-16-10-2-4-12(13(18)19)17-7-10/h1-5,7,16H,6H2,(H,18,19). The van der Waals surface area contributed by atoms with Crippen LogP contribution in [0.4, 0.5) is 14.5 Å². The third-order valence-corrected chi connectivity index (χ3v) is 2.47. The molecule has 19 heavy (non-hydrogen) atoms. The van der Waals surface area contributed by atoms with Crippen LogP contribution >= 0.6 is 0 Å². The van der Waals surface area contributed by atoms with Crippen LogP contribution in [0.2, 0.25) is 0 Å². The maximum absolute atomic E-state index is 13.3. The van der Waals surface area contributed by atoms with E-state index in [1.165, 1.54) is 18.3 Å². The molecule has 2 rings (SSSR count). The number of pyridine rings is 1. The third-order valence-electron chi connectivity index (χ3n) is 2.47. The monoisotopic (exact) mass is 264 g/mol. The van der Waals surface area contributed by atoms with Crippen molar-refractivity contribution in [1.82, 2.24) is 4.98 Å². The van der Waals surface area contributed by atoms with Gasteiger partial charge in [0.1, 0.15) is 17.3 Å². The Hall–Kier alpha value is -2.50.